The van der Waals surface area contributed by atoms with Gasteiger partial charge < -0.3 is 0 Å². The maximum atomic E-state index is 10.5. The molecule has 4 rings (SSSR count). The number of pyridine rings is 1. The lowest BCUT2D eigenvalue weighted by Gasteiger charge is -2.46. The molecule has 1 aromatic carbocycles. The minimum Gasteiger partial charge on any atom is -0.217 e. The van der Waals surface area contributed by atoms with Gasteiger partial charge in [-0.15, -0.1) is 0 Å². The van der Waals surface area contributed by atoms with Crippen molar-refractivity contribution in [2.75, 3.05) is 0 Å². The Balaban J connectivity index is 2.12. The number of hydrogen-bond acceptors (Lipinski definition) is 4. The fourth-order valence-electron chi connectivity index (χ4n) is 5.73. The molecule has 2 atom stereocenters. The van der Waals surface area contributed by atoms with E-state index in [0.717, 1.165) is 46.9 Å². The standard InChI is InChI=1S/C32H42N5/c1-12-31(10)25-22(19-33)17-21(26-34-27(29(4,5)6)36-28(35-26)30(7,8)9)18-23(25)24-16-20(3)14-15-37(24)32(31,11)13-2/h14-18H,12-13H2,1-11H3/q+1. The number of fused-ring (bicyclic) bond motifs is 3. The lowest BCUT2D eigenvalue weighted by atomic mass is 9.59. The van der Waals surface area contributed by atoms with Crippen LogP contribution in [0.25, 0.3) is 22.6 Å². The normalized spacial score (nSPS) is 21.2. The first kappa shape index (κ1) is 26.9. The predicted molar refractivity (Wildman–Crippen MR) is 149 cm³/mol. The van der Waals surface area contributed by atoms with Gasteiger partial charge in [-0.2, -0.15) is 9.83 Å². The van der Waals surface area contributed by atoms with Crippen molar-refractivity contribution < 1.29 is 4.57 Å². The van der Waals surface area contributed by atoms with Gasteiger partial charge in [0.25, 0.3) is 0 Å². The number of hydrogen-bond donors (Lipinski definition) is 0. The van der Waals surface area contributed by atoms with Crippen LogP contribution in [0.2, 0.25) is 0 Å². The summed E-state index contributed by atoms with van der Waals surface area (Å²) in [6.07, 6.45) is 4.11. The van der Waals surface area contributed by atoms with E-state index in [1.165, 1.54) is 5.56 Å². The van der Waals surface area contributed by atoms with Crippen molar-refractivity contribution in [1.29, 1.82) is 5.26 Å². The van der Waals surface area contributed by atoms with E-state index in [-0.39, 0.29) is 21.8 Å². The Hall–Kier alpha value is -3.13. The number of benzene rings is 1. The van der Waals surface area contributed by atoms with Crippen LogP contribution in [0.4, 0.5) is 0 Å². The van der Waals surface area contributed by atoms with Crippen molar-refractivity contribution in [1.82, 2.24) is 15.0 Å². The zero-order chi connectivity index (χ0) is 27.6. The molecule has 0 saturated carbocycles. The Morgan fingerprint density at radius 3 is 1.97 bits per heavy atom. The van der Waals surface area contributed by atoms with Gasteiger partial charge in [-0.05, 0) is 43.5 Å². The number of rotatable bonds is 3. The Morgan fingerprint density at radius 1 is 0.892 bits per heavy atom. The second-order valence-electron chi connectivity index (χ2n) is 13.1. The number of nitriles is 1. The van der Waals surface area contributed by atoms with Gasteiger partial charge in [-0.3, -0.25) is 0 Å². The summed E-state index contributed by atoms with van der Waals surface area (Å²) in [7, 11) is 0. The molecule has 0 bridgehead atoms. The van der Waals surface area contributed by atoms with Crippen molar-refractivity contribution in [3.63, 3.8) is 0 Å². The molecule has 1 aliphatic rings. The van der Waals surface area contributed by atoms with Crippen LogP contribution in [0.1, 0.15) is 110 Å². The zero-order valence-electron chi connectivity index (χ0n) is 24.5. The van der Waals surface area contributed by atoms with E-state index in [4.69, 9.17) is 15.0 Å². The van der Waals surface area contributed by atoms with E-state index in [1.807, 2.05) is 6.07 Å². The Labute approximate surface area is 223 Å². The van der Waals surface area contributed by atoms with Crippen molar-refractivity contribution in [3.05, 3.63) is 58.8 Å². The lowest BCUT2D eigenvalue weighted by molar-refractivity contribution is -0.765. The summed E-state index contributed by atoms with van der Waals surface area (Å²) in [4.78, 5) is 14.8. The van der Waals surface area contributed by atoms with Crippen molar-refractivity contribution in [2.24, 2.45) is 0 Å². The van der Waals surface area contributed by atoms with E-state index in [2.05, 4.69) is 111 Å². The molecule has 2 unspecified atom stereocenters. The molecule has 0 radical (unpaired) electrons. The molecule has 1 aliphatic heterocycles. The molecule has 5 nitrogen and oxygen atoms in total. The summed E-state index contributed by atoms with van der Waals surface area (Å²) in [5.74, 6) is 2.16. The first-order chi connectivity index (χ1) is 17.1. The van der Waals surface area contributed by atoms with Crippen LogP contribution < -0.4 is 4.57 Å². The fourth-order valence-corrected chi connectivity index (χ4v) is 5.73. The van der Waals surface area contributed by atoms with Gasteiger partial charge in [0.15, 0.2) is 17.6 Å². The zero-order valence-corrected chi connectivity index (χ0v) is 24.5. The second kappa shape index (κ2) is 8.72. The highest BCUT2D eigenvalue weighted by molar-refractivity contribution is 5.76. The smallest absolute Gasteiger partial charge is 0.213 e. The average molecular weight is 497 g/mol. The Kier molecular flexibility index (Phi) is 6.35. The molecule has 0 aliphatic carbocycles. The van der Waals surface area contributed by atoms with Crippen molar-refractivity contribution in [3.8, 4) is 28.7 Å². The molecule has 0 spiro atoms. The molecule has 37 heavy (non-hydrogen) atoms. The van der Waals surface area contributed by atoms with E-state index in [9.17, 15) is 5.26 Å². The van der Waals surface area contributed by atoms with Gasteiger partial charge in [0.2, 0.25) is 5.69 Å². The third-order valence-electron chi connectivity index (χ3n) is 8.55. The van der Waals surface area contributed by atoms with Gasteiger partial charge in [-0.1, -0.05) is 55.4 Å². The first-order valence-electron chi connectivity index (χ1n) is 13.5. The topological polar surface area (TPSA) is 66.3 Å². The highest BCUT2D eigenvalue weighted by atomic mass is 15.1. The SMILES string of the molecule is CCC1(C)c2c(C#N)cc(-c3nc(C(C)(C)C)nc(C(C)(C)C)n3)cc2-c2cc(C)cc[n+]2C1(C)CC. The molecule has 194 valence electrons. The van der Waals surface area contributed by atoms with Crippen LogP contribution in [0.5, 0.6) is 0 Å². The van der Waals surface area contributed by atoms with E-state index in [1.54, 1.807) is 0 Å². The molecular weight excluding hydrogens is 454 g/mol. The lowest BCUT2D eigenvalue weighted by Crippen LogP contribution is -2.67. The van der Waals surface area contributed by atoms with Gasteiger partial charge in [0.1, 0.15) is 11.6 Å². The van der Waals surface area contributed by atoms with Crippen molar-refractivity contribution in [2.45, 2.75) is 111 Å². The van der Waals surface area contributed by atoms with Crippen LogP contribution >= 0.6 is 0 Å². The van der Waals surface area contributed by atoms with Gasteiger partial charge in [0.05, 0.1) is 22.6 Å². The van der Waals surface area contributed by atoms with Crippen LogP contribution in [-0.2, 0) is 21.8 Å². The van der Waals surface area contributed by atoms with Crippen LogP contribution in [0.15, 0.2) is 30.5 Å². The Bertz CT molecular complexity index is 1380. The molecule has 0 N–H and O–H groups in total. The van der Waals surface area contributed by atoms with Gasteiger partial charge >= 0.3 is 0 Å². The second-order valence-corrected chi connectivity index (χ2v) is 13.1. The number of aryl methyl sites for hydroxylation is 1. The summed E-state index contributed by atoms with van der Waals surface area (Å²) in [6, 6.07) is 11.2. The highest BCUT2D eigenvalue weighted by Gasteiger charge is 2.57. The summed E-state index contributed by atoms with van der Waals surface area (Å²) in [5, 5.41) is 10.5. The van der Waals surface area contributed by atoms with Gasteiger partial charge in [0, 0.05) is 41.9 Å². The van der Waals surface area contributed by atoms with E-state index in [0.29, 0.717) is 11.4 Å². The van der Waals surface area contributed by atoms with E-state index >= 15 is 0 Å². The Morgan fingerprint density at radius 2 is 1.49 bits per heavy atom. The molecule has 0 saturated heterocycles. The molecule has 3 heterocycles. The van der Waals surface area contributed by atoms with Crippen LogP contribution in [0.3, 0.4) is 0 Å². The molecular formula is C32H42N5+. The molecule has 3 aromatic rings. The summed E-state index contributed by atoms with van der Waals surface area (Å²) in [6.45, 7) is 24.0. The monoisotopic (exact) mass is 496 g/mol. The number of nitrogens with zero attached hydrogens (tertiary/aromatic N) is 5. The number of aromatic nitrogens is 4. The largest absolute Gasteiger partial charge is 0.217 e. The first-order valence-corrected chi connectivity index (χ1v) is 13.5. The van der Waals surface area contributed by atoms with Crippen LogP contribution in [-0.4, -0.2) is 15.0 Å². The van der Waals surface area contributed by atoms with E-state index < -0.39 is 0 Å². The van der Waals surface area contributed by atoms with Gasteiger partial charge in [-0.25, -0.2) is 15.0 Å². The predicted octanol–water partition coefficient (Wildman–Crippen LogP) is 7.07. The maximum absolute atomic E-state index is 10.5. The van der Waals surface area contributed by atoms with Crippen LogP contribution in [0, 0.1) is 18.3 Å². The fraction of sp³-hybridized carbons (Fsp3) is 0.531. The molecule has 5 heteroatoms. The quantitative estimate of drug-likeness (QED) is 0.364. The molecule has 0 amide bonds. The molecule has 0 fully saturated rings. The summed E-state index contributed by atoms with van der Waals surface area (Å²) >= 11 is 0. The highest BCUT2D eigenvalue weighted by Crippen LogP contribution is 2.51. The third kappa shape index (κ3) is 4.15. The summed E-state index contributed by atoms with van der Waals surface area (Å²) in [5.41, 5.74) is 5.30. The summed E-state index contributed by atoms with van der Waals surface area (Å²) < 4.78 is 2.44. The average Bonchev–Trinajstić information content (AvgIpc) is 2.84. The third-order valence-corrected chi connectivity index (χ3v) is 8.55. The minimum atomic E-state index is -0.229. The maximum Gasteiger partial charge on any atom is 0.213 e. The van der Waals surface area contributed by atoms with Crippen molar-refractivity contribution >= 4 is 0 Å². The molecule has 2 aromatic heterocycles. The minimum absolute atomic E-state index is 0.170.